The van der Waals surface area contributed by atoms with Crippen LogP contribution in [0.15, 0.2) is 24.3 Å². The van der Waals surface area contributed by atoms with Crippen molar-refractivity contribution in [2.45, 2.75) is 219 Å². The van der Waals surface area contributed by atoms with Crippen LogP contribution >= 0.6 is 0 Å². The standard InChI is InChI=1S/C48H74O15/c1-37(2)47(57)62-45(55)35-27-19-11-9-17-25-33-43(53)60-41(51)31-23-15-7-5-13-21-29-39(49)59-40(50)30-22-14-6-8-16-24-32-42(52)61-44(54)34-26-18-10-12-20-28-36-46(56)63-48(58)38(3)4/h1,3,5-36H2,2,4H3. The zero-order chi connectivity index (χ0) is 47.1. The highest BCUT2D eigenvalue weighted by molar-refractivity contribution is 5.95. The summed E-state index contributed by atoms with van der Waals surface area (Å²) in [5.41, 5.74) is 0.357. The Kier molecular flexibility index (Phi) is 35.9. The highest BCUT2D eigenvalue weighted by Gasteiger charge is 2.14. The van der Waals surface area contributed by atoms with Crippen LogP contribution < -0.4 is 0 Å². The lowest BCUT2D eigenvalue weighted by Crippen LogP contribution is -2.12. The highest BCUT2D eigenvalue weighted by atomic mass is 16.6. The normalized spacial score (nSPS) is 10.6. The third-order valence-electron chi connectivity index (χ3n) is 9.84. The van der Waals surface area contributed by atoms with Gasteiger partial charge < -0.3 is 23.7 Å². The Labute approximate surface area is 374 Å². The molecule has 0 aliphatic heterocycles. The van der Waals surface area contributed by atoms with Gasteiger partial charge in [-0.15, -0.1) is 0 Å². The van der Waals surface area contributed by atoms with Gasteiger partial charge in [-0.3, -0.25) is 38.4 Å². The molecule has 0 radical (unpaired) electrons. The number of esters is 10. The number of hydrogen-bond donors (Lipinski definition) is 0. The summed E-state index contributed by atoms with van der Waals surface area (Å²) in [7, 11) is 0. The Morgan fingerprint density at radius 1 is 0.238 bits per heavy atom. The molecule has 0 heterocycles. The van der Waals surface area contributed by atoms with Gasteiger partial charge >= 0.3 is 59.7 Å². The topological polar surface area (TPSA) is 217 Å². The fourth-order valence-electron chi connectivity index (χ4n) is 6.15. The maximum absolute atomic E-state index is 12.0. The number of ether oxygens (including phenoxy) is 5. The molecule has 0 bridgehead atoms. The molecule has 15 heteroatoms. The van der Waals surface area contributed by atoms with E-state index in [1.165, 1.54) is 13.8 Å². The second-order valence-electron chi connectivity index (χ2n) is 16.1. The summed E-state index contributed by atoms with van der Waals surface area (Å²) in [5.74, 6) is -5.71. The van der Waals surface area contributed by atoms with Crippen LogP contribution in [0, 0.1) is 0 Å². The number of rotatable bonds is 38. The van der Waals surface area contributed by atoms with Crippen molar-refractivity contribution in [3.8, 4) is 0 Å². The van der Waals surface area contributed by atoms with E-state index in [1.54, 1.807) is 0 Å². The van der Waals surface area contributed by atoms with E-state index in [0.29, 0.717) is 51.4 Å². The molecule has 0 saturated heterocycles. The third kappa shape index (κ3) is 38.6. The predicted molar refractivity (Wildman–Crippen MR) is 233 cm³/mol. The average molecular weight is 891 g/mol. The van der Waals surface area contributed by atoms with Crippen molar-refractivity contribution in [3.63, 3.8) is 0 Å². The number of hydrogen-bond acceptors (Lipinski definition) is 15. The van der Waals surface area contributed by atoms with E-state index in [9.17, 15) is 47.9 Å². The maximum Gasteiger partial charge on any atom is 0.340 e. The average Bonchev–Trinajstić information content (AvgIpc) is 3.21. The van der Waals surface area contributed by atoms with E-state index in [1.807, 2.05) is 0 Å². The molecule has 0 unspecified atom stereocenters. The number of carbonyl (C=O) groups excluding carboxylic acids is 10. The van der Waals surface area contributed by atoms with Crippen molar-refractivity contribution < 1.29 is 71.6 Å². The molecule has 0 N–H and O–H groups in total. The summed E-state index contributed by atoms with van der Waals surface area (Å²) in [6.45, 7) is 9.81. The largest absolute Gasteiger partial charge is 0.393 e. The van der Waals surface area contributed by atoms with E-state index < -0.39 is 59.7 Å². The van der Waals surface area contributed by atoms with Crippen molar-refractivity contribution in [2.24, 2.45) is 0 Å². The molecule has 0 aromatic heterocycles. The quantitative estimate of drug-likeness (QED) is 0.0185. The van der Waals surface area contributed by atoms with Gasteiger partial charge in [0.1, 0.15) is 0 Å². The predicted octanol–water partition coefficient (Wildman–Crippen LogP) is 9.97. The molecule has 0 aliphatic rings. The molecule has 0 spiro atoms. The fraction of sp³-hybridized carbons (Fsp3) is 0.708. The highest BCUT2D eigenvalue weighted by Crippen LogP contribution is 2.15. The van der Waals surface area contributed by atoms with Crippen molar-refractivity contribution in [3.05, 3.63) is 24.3 Å². The first-order valence-corrected chi connectivity index (χ1v) is 23.1. The zero-order valence-corrected chi connectivity index (χ0v) is 38.2. The molecule has 0 atom stereocenters. The van der Waals surface area contributed by atoms with Gasteiger partial charge in [-0.2, -0.15) is 0 Å². The monoisotopic (exact) mass is 891 g/mol. The maximum atomic E-state index is 12.0. The van der Waals surface area contributed by atoms with Crippen molar-refractivity contribution in [1.29, 1.82) is 0 Å². The first-order valence-electron chi connectivity index (χ1n) is 23.1. The molecular weight excluding hydrogens is 817 g/mol. The van der Waals surface area contributed by atoms with Crippen LogP contribution in [0.5, 0.6) is 0 Å². The first-order chi connectivity index (χ1) is 30.1. The molecule has 0 amide bonds. The molecule has 356 valence electrons. The second-order valence-corrected chi connectivity index (χ2v) is 16.1. The Morgan fingerprint density at radius 3 is 0.508 bits per heavy atom. The van der Waals surface area contributed by atoms with Crippen LogP contribution in [0.4, 0.5) is 0 Å². The van der Waals surface area contributed by atoms with Crippen LogP contribution in [0.3, 0.4) is 0 Å². The van der Waals surface area contributed by atoms with Crippen LogP contribution in [-0.4, -0.2) is 59.7 Å². The summed E-state index contributed by atoms with van der Waals surface area (Å²) in [6.07, 6.45) is 19.5. The van der Waals surface area contributed by atoms with E-state index in [-0.39, 0.29) is 62.5 Å². The Morgan fingerprint density at radius 2 is 0.365 bits per heavy atom. The third-order valence-corrected chi connectivity index (χ3v) is 9.84. The fourth-order valence-corrected chi connectivity index (χ4v) is 6.15. The van der Waals surface area contributed by atoms with Crippen LogP contribution in [0.25, 0.3) is 0 Å². The smallest absolute Gasteiger partial charge is 0.340 e. The minimum Gasteiger partial charge on any atom is -0.393 e. The van der Waals surface area contributed by atoms with Crippen LogP contribution in [0.1, 0.15) is 219 Å². The molecule has 63 heavy (non-hydrogen) atoms. The van der Waals surface area contributed by atoms with Gasteiger partial charge in [-0.1, -0.05) is 116 Å². The number of unbranched alkanes of at least 4 members (excludes halogenated alkanes) is 20. The van der Waals surface area contributed by atoms with E-state index >= 15 is 0 Å². The summed E-state index contributed by atoms with van der Waals surface area (Å²) in [4.78, 5) is 118. The van der Waals surface area contributed by atoms with Crippen LogP contribution in [-0.2, 0) is 71.6 Å². The molecule has 0 aliphatic carbocycles. The second kappa shape index (κ2) is 38.8. The van der Waals surface area contributed by atoms with Gasteiger partial charge in [0.2, 0.25) is 0 Å². The first kappa shape index (κ1) is 58.2. The van der Waals surface area contributed by atoms with Gasteiger partial charge in [0.05, 0.1) is 0 Å². The minimum atomic E-state index is -0.707. The lowest BCUT2D eigenvalue weighted by molar-refractivity contribution is -0.161. The molecule has 0 aromatic rings. The van der Waals surface area contributed by atoms with Crippen molar-refractivity contribution in [1.82, 2.24) is 0 Å². The van der Waals surface area contributed by atoms with Crippen LogP contribution in [0.2, 0.25) is 0 Å². The van der Waals surface area contributed by atoms with E-state index in [2.05, 4.69) is 22.6 Å². The van der Waals surface area contributed by atoms with Gasteiger partial charge in [-0.05, 0) is 65.2 Å². The minimum absolute atomic E-state index is 0.162. The molecule has 0 saturated carbocycles. The molecule has 0 rings (SSSR count). The summed E-state index contributed by atoms with van der Waals surface area (Å²) in [5, 5.41) is 0. The van der Waals surface area contributed by atoms with E-state index in [0.717, 1.165) is 103 Å². The lowest BCUT2D eigenvalue weighted by Gasteiger charge is -2.05. The van der Waals surface area contributed by atoms with Crippen molar-refractivity contribution in [2.75, 3.05) is 0 Å². The van der Waals surface area contributed by atoms with Gasteiger partial charge in [0, 0.05) is 62.5 Å². The Bertz CT molecular complexity index is 1370. The molecule has 0 aromatic carbocycles. The number of carbonyl (C=O) groups is 10. The van der Waals surface area contributed by atoms with Crippen molar-refractivity contribution >= 4 is 59.7 Å². The Balaban J connectivity index is 3.61. The molecule has 0 fully saturated rings. The van der Waals surface area contributed by atoms with Gasteiger partial charge in [-0.25, -0.2) is 9.59 Å². The van der Waals surface area contributed by atoms with Gasteiger partial charge in [0.15, 0.2) is 0 Å². The van der Waals surface area contributed by atoms with E-state index in [4.69, 9.17) is 14.2 Å². The summed E-state index contributed by atoms with van der Waals surface area (Å²) >= 11 is 0. The SMILES string of the molecule is C=C(C)C(=O)OC(=O)CCCCCCCCC(=O)OC(=O)CCCCCCCCC(=O)OC(=O)CCCCCCCCC(=O)OC(=O)CCCCCCCCC(=O)OC(=O)C(=C)C. The van der Waals surface area contributed by atoms with Gasteiger partial charge in [0.25, 0.3) is 0 Å². The summed E-state index contributed by atoms with van der Waals surface area (Å²) in [6, 6.07) is 0. The molecule has 15 nitrogen and oxygen atoms in total. The molecular formula is C48H74O15. The lowest BCUT2D eigenvalue weighted by atomic mass is 10.1. The Hall–Kier alpha value is -4.82. The zero-order valence-electron chi connectivity index (χ0n) is 38.2. The summed E-state index contributed by atoms with van der Waals surface area (Å²) < 4.78 is 24.0.